The molecule has 3 heterocycles. The molecule has 0 aromatic carbocycles. The molecule has 3 rings (SSSR count). The van der Waals surface area contributed by atoms with Crippen LogP contribution in [0.25, 0.3) is 10.8 Å². The first-order valence-electron chi connectivity index (χ1n) is 7.69. The minimum atomic E-state index is 0.743. The Bertz CT molecular complexity index is 562. The minimum Gasteiger partial charge on any atom is -0.440 e. The van der Waals surface area contributed by atoms with Crippen molar-refractivity contribution >= 4 is 11.3 Å². The average molecular weight is 305 g/mol. The Balaban J connectivity index is 1.67. The van der Waals surface area contributed by atoms with Gasteiger partial charge >= 0.3 is 0 Å². The second-order valence-electron chi connectivity index (χ2n) is 5.82. The molecule has 114 valence electrons. The maximum Gasteiger partial charge on any atom is 0.236 e. The molecule has 1 aliphatic heterocycles. The predicted octanol–water partition coefficient (Wildman–Crippen LogP) is 3.27. The predicted molar refractivity (Wildman–Crippen MR) is 86.2 cm³/mol. The summed E-state index contributed by atoms with van der Waals surface area (Å²) in [5.41, 5.74) is 6.77. The molecule has 1 aliphatic rings. The number of likely N-dealkylation sites (tertiary alicyclic amines) is 1. The Hall–Kier alpha value is -1.17. The molecule has 0 amide bonds. The lowest BCUT2D eigenvalue weighted by atomic mass is 9.95. The van der Waals surface area contributed by atoms with Crippen molar-refractivity contribution in [3.8, 4) is 10.8 Å². The van der Waals surface area contributed by atoms with Crippen LogP contribution in [0.5, 0.6) is 0 Å². The van der Waals surface area contributed by atoms with Crippen molar-refractivity contribution in [2.75, 3.05) is 19.6 Å². The van der Waals surface area contributed by atoms with Gasteiger partial charge in [-0.05, 0) is 56.6 Å². The Labute approximate surface area is 130 Å². The molecule has 5 heteroatoms. The topological polar surface area (TPSA) is 55.3 Å². The molecular formula is C16H23N3OS. The Kier molecular flexibility index (Phi) is 4.73. The molecular weight excluding hydrogens is 282 g/mol. The fourth-order valence-corrected chi connectivity index (χ4v) is 3.71. The summed E-state index contributed by atoms with van der Waals surface area (Å²) >= 11 is 1.67. The van der Waals surface area contributed by atoms with Gasteiger partial charge in [0.25, 0.3) is 0 Å². The summed E-state index contributed by atoms with van der Waals surface area (Å²) in [4.78, 5) is 8.29. The van der Waals surface area contributed by atoms with E-state index in [1.54, 1.807) is 11.3 Å². The van der Waals surface area contributed by atoms with Crippen LogP contribution in [0.15, 0.2) is 21.9 Å². The molecule has 1 atom stereocenters. The number of piperidine rings is 1. The molecule has 1 unspecified atom stereocenters. The minimum absolute atomic E-state index is 0.743. The van der Waals surface area contributed by atoms with Gasteiger partial charge in [-0.3, -0.25) is 4.90 Å². The second-order valence-corrected chi connectivity index (χ2v) is 6.77. The van der Waals surface area contributed by atoms with Crippen molar-refractivity contribution in [3.05, 3.63) is 29.0 Å². The first-order valence-corrected chi connectivity index (χ1v) is 8.57. The molecule has 21 heavy (non-hydrogen) atoms. The Morgan fingerprint density at radius 3 is 3.19 bits per heavy atom. The van der Waals surface area contributed by atoms with Gasteiger partial charge in [-0.15, -0.1) is 11.3 Å². The second kappa shape index (κ2) is 6.73. The van der Waals surface area contributed by atoms with Crippen LogP contribution in [0, 0.1) is 12.8 Å². The zero-order chi connectivity index (χ0) is 14.7. The van der Waals surface area contributed by atoms with Gasteiger partial charge in [-0.2, -0.15) is 0 Å². The van der Waals surface area contributed by atoms with Gasteiger partial charge < -0.3 is 10.2 Å². The van der Waals surface area contributed by atoms with Crippen LogP contribution in [-0.4, -0.2) is 29.5 Å². The van der Waals surface area contributed by atoms with Gasteiger partial charge in [0, 0.05) is 13.1 Å². The van der Waals surface area contributed by atoms with E-state index in [-0.39, 0.29) is 0 Å². The van der Waals surface area contributed by atoms with Crippen molar-refractivity contribution in [2.45, 2.75) is 32.7 Å². The van der Waals surface area contributed by atoms with Crippen molar-refractivity contribution < 1.29 is 4.42 Å². The number of aryl methyl sites for hydroxylation is 1. The molecule has 0 bridgehead atoms. The van der Waals surface area contributed by atoms with Gasteiger partial charge in [0.15, 0.2) is 0 Å². The normalized spacial score (nSPS) is 20.0. The standard InChI is InChI=1S/C16H23N3OS/c1-12-14(18-16(20-12)15-5-3-9-21-15)11-19-8-2-4-13(10-19)6-7-17/h3,5,9,13H,2,4,6-8,10-11,17H2,1H3. The van der Waals surface area contributed by atoms with Gasteiger partial charge in [0.2, 0.25) is 5.89 Å². The number of rotatable bonds is 5. The summed E-state index contributed by atoms with van der Waals surface area (Å²) in [6.45, 7) is 5.99. The Morgan fingerprint density at radius 1 is 1.52 bits per heavy atom. The third-order valence-corrected chi connectivity index (χ3v) is 5.03. The monoisotopic (exact) mass is 305 g/mol. The van der Waals surface area contributed by atoms with E-state index >= 15 is 0 Å². The lowest BCUT2D eigenvalue weighted by Gasteiger charge is -2.32. The Morgan fingerprint density at radius 2 is 2.43 bits per heavy atom. The van der Waals surface area contributed by atoms with Crippen LogP contribution >= 0.6 is 11.3 Å². The highest BCUT2D eigenvalue weighted by molar-refractivity contribution is 7.13. The molecule has 4 nitrogen and oxygen atoms in total. The molecule has 0 saturated carbocycles. The third-order valence-electron chi connectivity index (χ3n) is 4.18. The van der Waals surface area contributed by atoms with E-state index in [0.29, 0.717) is 0 Å². The number of hydrogen-bond acceptors (Lipinski definition) is 5. The van der Waals surface area contributed by atoms with E-state index in [1.165, 1.54) is 12.8 Å². The fraction of sp³-hybridized carbons (Fsp3) is 0.562. The molecule has 0 spiro atoms. The molecule has 0 radical (unpaired) electrons. The van der Waals surface area contributed by atoms with Crippen molar-refractivity contribution in [1.29, 1.82) is 0 Å². The highest BCUT2D eigenvalue weighted by Crippen LogP contribution is 2.27. The van der Waals surface area contributed by atoms with E-state index in [0.717, 1.165) is 60.7 Å². The fourth-order valence-electron chi connectivity index (χ4n) is 3.06. The van der Waals surface area contributed by atoms with Gasteiger partial charge in [0.05, 0.1) is 10.6 Å². The number of aromatic nitrogens is 1. The molecule has 2 N–H and O–H groups in total. The summed E-state index contributed by atoms with van der Waals surface area (Å²) in [5, 5.41) is 2.05. The molecule has 2 aromatic rings. The number of hydrogen-bond donors (Lipinski definition) is 1. The van der Waals surface area contributed by atoms with Crippen molar-refractivity contribution in [1.82, 2.24) is 9.88 Å². The van der Waals surface area contributed by atoms with E-state index in [2.05, 4.69) is 16.3 Å². The summed E-state index contributed by atoms with van der Waals surface area (Å²) in [5.74, 6) is 2.44. The van der Waals surface area contributed by atoms with E-state index in [4.69, 9.17) is 15.1 Å². The molecule has 2 aromatic heterocycles. The van der Waals surface area contributed by atoms with Gasteiger partial charge in [-0.1, -0.05) is 6.07 Å². The van der Waals surface area contributed by atoms with Crippen LogP contribution in [0.1, 0.15) is 30.7 Å². The summed E-state index contributed by atoms with van der Waals surface area (Å²) < 4.78 is 5.83. The van der Waals surface area contributed by atoms with Gasteiger partial charge in [0.1, 0.15) is 5.76 Å². The van der Waals surface area contributed by atoms with Gasteiger partial charge in [-0.25, -0.2) is 4.98 Å². The number of oxazole rings is 1. The average Bonchev–Trinajstić information content (AvgIpc) is 3.10. The lowest BCUT2D eigenvalue weighted by molar-refractivity contribution is 0.161. The van der Waals surface area contributed by atoms with Crippen LogP contribution in [0.3, 0.4) is 0 Å². The smallest absolute Gasteiger partial charge is 0.236 e. The van der Waals surface area contributed by atoms with Crippen LogP contribution in [0.2, 0.25) is 0 Å². The first kappa shape index (κ1) is 14.8. The van der Waals surface area contributed by atoms with E-state index < -0.39 is 0 Å². The highest BCUT2D eigenvalue weighted by Gasteiger charge is 2.21. The van der Waals surface area contributed by atoms with E-state index in [1.807, 2.05) is 13.0 Å². The van der Waals surface area contributed by atoms with Crippen LogP contribution in [-0.2, 0) is 6.54 Å². The zero-order valence-electron chi connectivity index (χ0n) is 12.5. The number of thiophene rings is 1. The van der Waals surface area contributed by atoms with E-state index in [9.17, 15) is 0 Å². The summed E-state index contributed by atoms with van der Waals surface area (Å²) in [6, 6.07) is 4.08. The maximum atomic E-state index is 5.83. The lowest BCUT2D eigenvalue weighted by Crippen LogP contribution is -2.35. The third kappa shape index (κ3) is 3.54. The number of nitrogens with two attached hydrogens (primary N) is 1. The van der Waals surface area contributed by atoms with Crippen LogP contribution in [0.4, 0.5) is 0 Å². The quantitative estimate of drug-likeness (QED) is 0.921. The zero-order valence-corrected chi connectivity index (χ0v) is 13.4. The molecule has 0 aliphatic carbocycles. The number of nitrogens with zero attached hydrogens (tertiary/aromatic N) is 2. The largest absolute Gasteiger partial charge is 0.440 e. The highest BCUT2D eigenvalue weighted by atomic mass is 32.1. The molecule has 1 saturated heterocycles. The summed E-state index contributed by atoms with van der Waals surface area (Å²) in [7, 11) is 0. The van der Waals surface area contributed by atoms with Crippen molar-refractivity contribution in [2.24, 2.45) is 11.7 Å². The van der Waals surface area contributed by atoms with Crippen LogP contribution < -0.4 is 5.73 Å². The summed E-state index contributed by atoms with van der Waals surface area (Å²) in [6.07, 6.45) is 3.71. The SMILES string of the molecule is Cc1oc(-c2cccs2)nc1CN1CCCC(CCN)C1. The maximum absolute atomic E-state index is 5.83. The first-order chi connectivity index (χ1) is 10.3. The molecule has 1 fully saturated rings. The van der Waals surface area contributed by atoms with Crippen molar-refractivity contribution in [3.63, 3.8) is 0 Å².